The molecule has 324 valence electrons. The van der Waals surface area contributed by atoms with E-state index in [-0.39, 0.29) is 21.2 Å². The highest BCUT2D eigenvalue weighted by molar-refractivity contribution is 7.91. The molecule has 0 radical (unpaired) electrons. The van der Waals surface area contributed by atoms with Crippen molar-refractivity contribution >= 4 is 43.8 Å². The first-order valence-corrected chi connectivity index (χ1v) is 24.1. The number of likely N-dealkylation sites (tertiary alicyclic amines) is 1. The van der Waals surface area contributed by atoms with E-state index < -0.39 is 26.6 Å². The molecule has 1 spiro atoms. The first-order valence-electron chi connectivity index (χ1n) is 22.1. The standard InChI is InChI=1S/C47H57ClN6O6S/c1-44(2)14-10-35(39(24-44)46-28-47(48,29-46)30-46)26-51-16-18-53(19-17-51)36-6-4-33(5-7-36)42(60-37-22-34-11-15-49-43(34)50-25-37)27-61(57,58)38-8-9-41(40(23-38)54(55)56)59-21-20-52-31-45(32-52)12-3-13-45/h4-9,11,15,22-23,25,42H,3,10,12-14,16-21,24,26-32H2,1-2H3,(H,49,50). The fourth-order valence-corrected chi connectivity index (χ4v) is 13.5. The first-order chi connectivity index (χ1) is 29.2. The summed E-state index contributed by atoms with van der Waals surface area (Å²) < 4.78 is 40.6. The van der Waals surface area contributed by atoms with Gasteiger partial charge in [-0.2, -0.15) is 0 Å². The summed E-state index contributed by atoms with van der Waals surface area (Å²) in [6.45, 7) is 12.7. The van der Waals surface area contributed by atoms with E-state index in [9.17, 15) is 18.5 Å². The van der Waals surface area contributed by atoms with E-state index in [1.165, 1.54) is 50.7 Å². The van der Waals surface area contributed by atoms with Gasteiger partial charge in [0.15, 0.2) is 15.6 Å². The van der Waals surface area contributed by atoms with Gasteiger partial charge in [0.25, 0.3) is 0 Å². The average Bonchev–Trinajstić information content (AvgIpc) is 3.65. The van der Waals surface area contributed by atoms with Crippen LogP contribution in [0.4, 0.5) is 11.4 Å². The summed E-state index contributed by atoms with van der Waals surface area (Å²) in [5.41, 5.74) is 6.67. The van der Waals surface area contributed by atoms with Gasteiger partial charge in [-0.25, -0.2) is 13.4 Å². The van der Waals surface area contributed by atoms with Gasteiger partial charge in [-0.3, -0.25) is 19.9 Å². The monoisotopic (exact) mass is 868 g/mol. The molecule has 2 bridgehead atoms. The molecule has 11 rings (SSSR count). The number of rotatable bonds is 15. The summed E-state index contributed by atoms with van der Waals surface area (Å²) in [4.78, 5) is 26.4. The lowest BCUT2D eigenvalue weighted by molar-refractivity contribution is -0.386. The van der Waals surface area contributed by atoms with Gasteiger partial charge in [0.2, 0.25) is 0 Å². The Bertz CT molecular complexity index is 2450. The molecule has 1 unspecified atom stereocenters. The zero-order valence-corrected chi connectivity index (χ0v) is 36.9. The number of halogens is 1. The van der Waals surface area contributed by atoms with Crippen LogP contribution in [-0.4, -0.2) is 103 Å². The van der Waals surface area contributed by atoms with Crippen molar-refractivity contribution in [2.75, 3.05) is 69.6 Å². The lowest BCUT2D eigenvalue weighted by atomic mass is 9.39. The highest BCUT2D eigenvalue weighted by atomic mass is 35.5. The van der Waals surface area contributed by atoms with Gasteiger partial charge < -0.3 is 19.4 Å². The van der Waals surface area contributed by atoms with E-state index in [2.05, 4.69) is 38.5 Å². The molecular formula is C47H57ClN6O6S. The van der Waals surface area contributed by atoms with Crippen LogP contribution in [0.2, 0.25) is 0 Å². The highest BCUT2D eigenvalue weighted by Crippen LogP contribution is 2.75. The van der Waals surface area contributed by atoms with Gasteiger partial charge in [0.05, 0.1) is 21.8 Å². The van der Waals surface area contributed by atoms with Crippen molar-refractivity contribution < 1.29 is 22.8 Å². The summed E-state index contributed by atoms with van der Waals surface area (Å²) >= 11 is 6.75. The summed E-state index contributed by atoms with van der Waals surface area (Å²) in [5, 5.41) is 13.0. The molecule has 4 aromatic rings. The first kappa shape index (κ1) is 40.9. The molecule has 12 nitrogen and oxygen atoms in total. The lowest BCUT2D eigenvalue weighted by Crippen LogP contribution is -2.65. The van der Waals surface area contributed by atoms with E-state index in [4.69, 9.17) is 21.1 Å². The van der Waals surface area contributed by atoms with Crippen LogP contribution in [0, 0.1) is 26.4 Å². The van der Waals surface area contributed by atoms with E-state index in [1.54, 1.807) is 23.5 Å². The number of H-pyrrole nitrogens is 1. The number of nitrogens with zero attached hydrogens (tertiary/aromatic N) is 5. The van der Waals surface area contributed by atoms with E-state index >= 15 is 0 Å². The van der Waals surface area contributed by atoms with Crippen molar-refractivity contribution in [1.82, 2.24) is 19.8 Å². The number of ether oxygens (including phenoxy) is 2. The molecule has 5 aliphatic carbocycles. The Labute approximate surface area is 363 Å². The van der Waals surface area contributed by atoms with Crippen LogP contribution in [0.5, 0.6) is 11.5 Å². The number of pyridine rings is 1. The molecular weight excluding hydrogens is 812 g/mol. The molecule has 4 saturated carbocycles. The highest BCUT2D eigenvalue weighted by Gasteiger charge is 2.69. The van der Waals surface area contributed by atoms with Gasteiger partial charge in [-0.1, -0.05) is 43.5 Å². The number of aromatic amines is 1. The number of nitrogens with one attached hydrogen (secondary N) is 1. The van der Waals surface area contributed by atoms with Crippen molar-refractivity contribution in [3.63, 3.8) is 0 Å². The SMILES string of the molecule is CC1(C)CCC(CN2CCN(c3ccc(C(CS(=O)(=O)c4ccc(OCCN5CC6(CCC6)C5)c([N+](=O)[O-])c4)Oc4cnc5[nH]ccc5c4)cc3)CC2)=C(C23CC(Cl)(C2)C3)C1. The molecule has 1 N–H and O–H groups in total. The lowest BCUT2D eigenvalue weighted by Gasteiger charge is -2.70. The third-order valence-corrected chi connectivity index (χ3v) is 17.0. The third-order valence-electron chi connectivity index (χ3n) is 14.9. The molecule has 2 aromatic heterocycles. The Kier molecular flexibility index (Phi) is 10.2. The Balaban J connectivity index is 0.821. The largest absolute Gasteiger partial charge is 0.485 e. The second-order valence-electron chi connectivity index (χ2n) is 20.0. The number of hydrogen-bond donors (Lipinski definition) is 1. The summed E-state index contributed by atoms with van der Waals surface area (Å²) in [7, 11) is -4.08. The topological polar surface area (TPSA) is 134 Å². The maximum absolute atomic E-state index is 14.1. The van der Waals surface area contributed by atoms with Crippen LogP contribution in [0.15, 0.2) is 83.0 Å². The van der Waals surface area contributed by atoms with Gasteiger partial charge in [0, 0.05) is 80.6 Å². The van der Waals surface area contributed by atoms with Crippen molar-refractivity contribution in [3.05, 3.63) is 93.8 Å². The number of allylic oxidation sites excluding steroid dienone is 1. The van der Waals surface area contributed by atoms with Gasteiger partial charge in [-0.05, 0) is 110 Å². The molecule has 61 heavy (non-hydrogen) atoms. The second-order valence-corrected chi connectivity index (χ2v) is 22.8. The number of nitro groups is 1. The number of aromatic nitrogens is 2. The van der Waals surface area contributed by atoms with E-state index in [0.717, 1.165) is 82.2 Å². The van der Waals surface area contributed by atoms with Crippen LogP contribution in [-0.2, 0) is 9.84 Å². The van der Waals surface area contributed by atoms with E-state index in [1.807, 2.05) is 36.4 Å². The van der Waals surface area contributed by atoms with Crippen LogP contribution >= 0.6 is 11.6 Å². The van der Waals surface area contributed by atoms with E-state index in [0.29, 0.717) is 46.4 Å². The number of piperazine rings is 1. The van der Waals surface area contributed by atoms with Crippen LogP contribution in [0.1, 0.15) is 83.3 Å². The van der Waals surface area contributed by atoms with Crippen molar-refractivity contribution in [2.24, 2.45) is 16.2 Å². The van der Waals surface area contributed by atoms with Gasteiger partial charge in [0.1, 0.15) is 24.1 Å². The van der Waals surface area contributed by atoms with Crippen molar-refractivity contribution in [2.45, 2.75) is 87.5 Å². The minimum Gasteiger partial charge on any atom is -0.485 e. The number of anilines is 1. The number of nitro benzene ring substituents is 1. The molecule has 7 aliphatic rings. The van der Waals surface area contributed by atoms with Gasteiger partial charge >= 0.3 is 5.69 Å². The molecule has 2 aromatic carbocycles. The Morgan fingerprint density at radius 2 is 1.72 bits per heavy atom. The minimum atomic E-state index is -4.08. The zero-order valence-electron chi connectivity index (χ0n) is 35.3. The summed E-state index contributed by atoms with van der Waals surface area (Å²) in [6.07, 6.45) is 13.4. The maximum Gasteiger partial charge on any atom is 0.312 e. The summed E-state index contributed by atoms with van der Waals surface area (Å²) in [6, 6.07) is 15.6. The Hall–Kier alpha value is -4.17. The molecule has 14 heteroatoms. The molecule has 2 aliphatic heterocycles. The fourth-order valence-electron chi connectivity index (χ4n) is 11.3. The normalized spacial score (nSPS) is 26.2. The number of benzene rings is 2. The molecule has 6 fully saturated rings. The van der Waals surface area contributed by atoms with Crippen molar-refractivity contribution in [1.29, 1.82) is 0 Å². The number of alkyl halides is 1. The van der Waals surface area contributed by atoms with Gasteiger partial charge in [-0.15, -0.1) is 11.6 Å². The smallest absolute Gasteiger partial charge is 0.312 e. The maximum atomic E-state index is 14.1. The fraction of sp³-hybridized carbons (Fsp3) is 0.553. The predicted molar refractivity (Wildman–Crippen MR) is 237 cm³/mol. The quantitative estimate of drug-likeness (QED) is 0.0535. The van der Waals surface area contributed by atoms with Crippen LogP contribution in [0.25, 0.3) is 11.0 Å². The predicted octanol–water partition coefficient (Wildman–Crippen LogP) is 8.72. The minimum absolute atomic E-state index is 0.0623. The number of hydrogen-bond acceptors (Lipinski definition) is 10. The Morgan fingerprint density at radius 3 is 2.41 bits per heavy atom. The number of sulfone groups is 1. The van der Waals surface area contributed by atoms with Crippen LogP contribution in [0.3, 0.4) is 0 Å². The zero-order chi connectivity index (χ0) is 42.2. The second kappa shape index (κ2) is 15.3. The molecule has 0 amide bonds. The Morgan fingerprint density at radius 1 is 0.967 bits per heavy atom. The molecule has 1 atom stereocenters. The third kappa shape index (κ3) is 8.04. The van der Waals surface area contributed by atoms with Crippen molar-refractivity contribution in [3.8, 4) is 11.5 Å². The number of fused-ring (bicyclic) bond motifs is 1. The average molecular weight is 870 g/mol. The summed E-state index contributed by atoms with van der Waals surface area (Å²) in [5.74, 6) is 0.0443. The van der Waals surface area contributed by atoms with Crippen LogP contribution < -0.4 is 14.4 Å². The molecule has 4 heterocycles. The molecule has 2 saturated heterocycles.